The summed E-state index contributed by atoms with van der Waals surface area (Å²) in [5.41, 5.74) is 7.15. The molecule has 0 spiro atoms. The van der Waals surface area contributed by atoms with Crippen LogP contribution in [0.25, 0.3) is 0 Å². The second kappa shape index (κ2) is 7.22. The number of hydrogen-bond acceptors (Lipinski definition) is 2. The van der Waals surface area contributed by atoms with Crippen LogP contribution in [0.4, 0.5) is 0 Å². The molecule has 4 heteroatoms. The number of methoxy groups -OCH3 is 1. The van der Waals surface area contributed by atoms with Crippen LogP contribution in [0.1, 0.15) is 18.9 Å². The van der Waals surface area contributed by atoms with Crippen molar-refractivity contribution >= 4 is 23.2 Å². The third kappa shape index (κ3) is 5.26. The van der Waals surface area contributed by atoms with E-state index in [0.29, 0.717) is 16.0 Å². The second-order valence-corrected chi connectivity index (χ2v) is 5.34. The Morgan fingerprint density at radius 3 is 2.65 bits per heavy atom. The van der Waals surface area contributed by atoms with E-state index in [2.05, 4.69) is 6.92 Å². The van der Waals surface area contributed by atoms with Gasteiger partial charge in [-0.2, -0.15) is 0 Å². The van der Waals surface area contributed by atoms with Crippen molar-refractivity contribution in [2.75, 3.05) is 13.7 Å². The average Bonchev–Trinajstić information content (AvgIpc) is 2.22. The lowest BCUT2D eigenvalue weighted by Crippen LogP contribution is -2.26. The molecule has 0 saturated heterocycles. The minimum Gasteiger partial charge on any atom is -0.384 e. The van der Waals surface area contributed by atoms with Gasteiger partial charge >= 0.3 is 0 Å². The zero-order valence-corrected chi connectivity index (χ0v) is 11.8. The van der Waals surface area contributed by atoms with Crippen LogP contribution < -0.4 is 5.73 Å². The second-order valence-electron chi connectivity index (χ2n) is 4.50. The van der Waals surface area contributed by atoms with E-state index >= 15 is 0 Å². The molecule has 96 valence electrons. The number of benzene rings is 1. The molecule has 0 aliphatic carbocycles. The lowest BCUT2D eigenvalue weighted by Gasteiger charge is -2.17. The summed E-state index contributed by atoms with van der Waals surface area (Å²) in [7, 11) is 1.71. The fourth-order valence-corrected chi connectivity index (χ4v) is 2.41. The predicted molar refractivity (Wildman–Crippen MR) is 73.8 cm³/mol. The van der Waals surface area contributed by atoms with E-state index in [0.717, 1.165) is 25.0 Å². The molecule has 2 nitrogen and oxygen atoms in total. The Balaban J connectivity index is 2.52. The van der Waals surface area contributed by atoms with Gasteiger partial charge in [-0.1, -0.05) is 36.2 Å². The summed E-state index contributed by atoms with van der Waals surface area (Å²) < 4.78 is 5.10. The average molecular weight is 276 g/mol. The van der Waals surface area contributed by atoms with Crippen molar-refractivity contribution in [3.05, 3.63) is 33.8 Å². The van der Waals surface area contributed by atoms with Crippen LogP contribution in [0.5, 0.6) is 0 Å². The molecule has 2 N–H and O–H groups in total. The summed E-state index contributed by atoms with van der Waals surface area (Å²) >= 11 is 12.0. The molecular weight excluding hydrogens is 257 g/mol. The van der Waals surface area contributed by atoms with E-state index in [1.165, 1.54) is 0 Å². The van der Waals surface area contributed by atoms with Gasteiger partial charge in [0.25, 0.3) is 0 Å². The first-order chi connectivity index (χ1) is 8.02. The lowest BCUT2D eigenvalue weighted by molar-refractivity contribution is 0.152. The van der Waals surface area contributed by atoms with Gasteiger partial charge in [0.2, 0.25) is 0 Å². The molecule has 0 saturated carbocycles. The molecule has 1 rings (SSSR count). The fraction of sp³-hybridized carbons (Fsp3) is 0.538. The normalized spacial score (nSPS) is 14.6. The Morgan fingerprint density at radius 2 is 2.06 bits per heavy atom. The highest BCUT2D eigenvalue weighted by molar-refractivity contribution is 6.35. The largest absolute Gasteiger partial charge is 0.384 e. The molecule has 17 heavy (non-hydrogen) atoms. The first-order valence-electron chi connectivity index (χ1n) is 5.71. The van der Waals surface area contributed by atoms with Gasteiger partial charge in [0, 0.05) is 29.8 Å². The molecule has 0 aliphatic rings. The highest BCUT2D eigenvalue weighted by atomic mass is 35.5. The Hall–Kier alpha value is -0.280. The zero-order chi connectivity index (χ0) is 12.8. The summed E-state index contributed by atoms with van der Waals surface area (Å²) in [6, 6.07) is 5.63. The van der Waals surface area contributed by atoms with Crippen LogP contribution in [-0.4, -0.2) is 19.8 Å². The van der Waals surface area contributed by atoms with E-state index in [-0.39, 0.29) is 6.04 Å². The first-order valence-corrected chi connectivity index (χ1v) is 6.47. The predicted octanol–water partition coefficient (Wildman–Crippen LogP) is 3.54. The van der Waals surface area contributed by atoms with E-state index in [1.807, 2.05) is 12.1 Å². The van der Waals surface area contributed by atoms with Gasteiger partial charge in [0.15, 0.2) is 0 Å². The standard InChI is InChI=1S/C13H19Cl2NO/c1-9(8-17-2)5-12(16)6-10-3-4-11(14)7-13(10)15/h3-4,7,9,12H,5-6,8,16H2,1-2H3. The van der Waals surface area contributed by atoms with Crippen molar-refractivity contribution < 1.29 is 4.74 Å². The highest BCUT2D eigenvalue weighted by Gasteiger charge is 2.11. The Labute approximate surface area is 113 Å². The minimum absolute atomic E-state index is 0.0961. The van der Waals surface area contributed by atoms with Crippen LogP contribution in [0.2, 0.25) is 10.0 Å². The van der Waals surface area contributed by atoms with Crippen molar-refractivity contribution in [3.8, 4) is 0 Å². The van der Waals surface area contributed by atoms with Gasteiger partial charge in [-0.3, -0.25) is 0 Å². The molecule has 0 heterocycles. The molecule has 0 amide bonds. The zero-order valence-electron chi connectivity index (χ0n) is 10.2. The van der Waals surface area contributed by atoms with Crippen LogP contribution in [0.3, 0.4) is 0 Å². The molecule has 0 radical (unpaired) electrons. The van der Waals surface area contributed by atoms with Gasteiger partial charge in [0.1, 0.15) is 0 Å². The summed E-state index contributed by atoms with van der Waals surface area (Å²) in [6.45, 7) is 2.87. The van der Waals surface area contributed by atoms with E-state index in [9.17, 15) is 0 Å². The highest BCUT2D eigenvalue weighted by Crippen LogP contribution is 2.22. The van der Waals surface area contributed by atoms with Crippen molar-refractivity contribution in [1.29, 1.82) is 0 Å². The topological polar surface area (TPSA) is 35.2 Å². The van der Waals surface area contributed by atoms with Crippen molar-refractivity contribution in [1.82, 2.24) is 0 Å². The number of rotatable bonds is 6. The monoisotopic (exact) mass is 275 g/mol. The maximum atomic E-state index is 6.11. The van der Waals surface area contributed by atoms with Crippen molar-refractivity contribution in [2.45, 2.75) is 25.8 Å². The minimum atomic E-state index is 0.0961. The lowest BCUT2D eigenvalue weighted by atomic mass is 9.97. The molecule has 1 aromatic rings. The van der Waals surface area contributed by atoms with Gasteiger partial charge < -0.3 is 10.5 Å². The van der Waals surface area contributed by atoms with Gasteiger partial charge in [-0.25, -0.2) is 0 Å². The third-order valence-corrected chi connectivity index (χ3v) is 3.24. The third-order valence-electron chi connectivity index (χ3n) is 2.65. The summed E-state index contributed by atoms with van der Waals surface area (Å²) in [4.78, 5) is 0. The summed E-state index contributed by atoms with van der Waals surface area (Å²) in [6.07, 6.45) is 1.69. The molecule has 2 atom stereocenters. The van der Waals surface area contributed by atoms with Crippen molar-refractivity contribution in [3.63, 3.8) is 0 Å². The van der Waals surface area contributed by atoms with Crippen molar-refractivity contribution in [2.24, 2.45) is 11.7 Å². The van der Waals surface area contributed by atoms with Gasteiger partial charge in [0.05, 0.1) is 0 Å². The summed E-state index contributed by atoms with van der Waals surface area (Å²) in [5, 5.41) is 1.34. The van der Waals surface area contributed by atoms with Crippen LogP contribution in [0.15, 0.2) is 18.2 Å². The van der Waals surface area contributed by atoms with E-state index < -0.39 is 0 Å². The number of nitrogens with two attached hydrogens (primary N) is 1. The Morgan fingerprint density at radius 1 is 1.35 bits per heavy atom. The quantitative estimate of drug-likeness (QED) is 0.862. The van der Waals surface area contributed by atoms with Gasteiger partial charge in [-0.05, 0) is 36.5 Å². The number of halogens is 2. The molecule has 0 bridgehead atoms. The summed E-state index contributed by atoms with van der Waals surface area (Å²) in [5.74, 6) is 0.459. The Bertz CT molecular complexity index is 357. The van der Waals surface area contributed by atoms with Crippen LogP contribution >= 0.6 is 23.2 Å². The molecular formula is C13H19Cl2NO. The molecule has 0 aliphatic heterocycles. The van der Waals surface area contributed by atoms with E-state index in [4.69, 9.17) is 33.7 Å². The maximum absolute atomic E-state index is 6.11. The first kappa shape index (κ1) is 14.8. The number of hydrogen-bond donors (Lipinski definition) is 1. The van der Waals surface area contributed by atoms with Crippen LogP contribution in [0, 0.1) is 5.92 Å². The molecule has 0 fully saturated rings. The fourth-order valence-electron chi connectivity index (χ4n) is 1.92. The Kier molecular flexibility index (Phi) is 6.28. The van der Waals surface area contributed by atoms with E-state index in [1.54, 1.807) is 13.2 Å². The maximum Gasteiger partial charge on any atom is 0.0488 e. The smallest absolute Gasteiger partial charge is 0.0488 e. The molecule has 1 aromatic carbocycles. The SMILES string of the molecule is COCC(C)CC(N)Cc1ccc(Cl)cc1Cl. The molecule has 2 unspecified atom stereocenters. The number of ether oxygens (including phenoxy) is 1. The molecule has 0 aromatic heterocycles. The van der Waals surface area contributed by atoms with Gasteiger partial charge in [-0.15, -0.1) is 0 Å². The van der Waals surface area contributed by atoms with Crippen LogP contribution in [-0.2, 0) is 11.2 Å².